The third-order valence-corrected chi connectivity index (χ3v) is 12.0. The molecular formula is C21H20I6N2O4. The van der Waals surface area contributed by atoms with Crippen molar-refractivity contribution in [3.63, 3.8) is 0 Å². The molecule has 2 N–H and O–H groups in total. The minimum absolute atomic E-state index is 0.252. The standard InChI is InChI=1S/C21H20I6N2O4/c22-12-10-13(18(26)16(25)11-12)20(30)32-8-6-29(5-1-4-28)7-9-33-21(31)17-14(23)2-3-15(24)19(17)27/h2-3,10-11H,1,4-9,28H2. The maximum absolute atomic E-state index is 12.6. The summed E-state index contributed by atoms with van der Waals surface area (Å²) in [6, 6.07) is 7.76. The smallest absolute Gasteiger partial charge is 0.340 e. The maximum atomic E-state index is 12.6. The van der Waals surface area contributed by atoms with Gasteiger partial charge < -0.3 is 15.2 Å². The van der Waals surface area contributed by atoms with E-state index < -0.39 is 0 Å². The zero-order valence-corrected chi connectivity index (χ0v) is 30.1. The van der Waals surface area contributed by atoms with Crippen LogP contribution in [-0.2, 0) is 9.47 Å². The molecule has 6 nitrogen and oxygen atoms in total. The van der Waals surface area contributed by atoms with E-state index in [1.807, 2.05) is 24.3 Å². The number of nitrogens with zero attached hydrogens (tertiary/aromatic N) is 1. The first kappa shape index (κ1) is 30.9. The van der Waals surface area contributed by atoms with Crippen LogP contribution in [0.4, 0.5) is 0 Å². The normalized spacial score (nSPS) is 11.0. The summed E-state index contributed by atoms with van der Waals surface area (Å²) in [7, 11) is 0. The lowest BCUT2D eigenvalue weighted by Gasteiger charge is -2.22. The van der Waals surface area contributed by atoms with E-state index in [0.29, 0.717) is 30.8 Å². The van der Waals surface area contributed by atoms with E-state index in [0.717, 1.165) is 34.4 Å². The van der Waals surface area contributed by atoms with Crippen LogP contribution in [0.1, 0.15) is 27.1 Å². The van der Waals surface area contributed by atoms with E-state index in [9.17, 15) is 9.59 Å². The molecule has 12 heteroatoms. The van der Waals surface area contributed by atoms with Crippen molar-refractivity contribution in [3.05, 3.63) is 56.8 Å². The summed E-state index contributed by atoms with van der Waals surface area (Å²) in [5.74, 6) is -0.653. The van der Waals surface area contributed by atoms with Crippen LogP contribution < -0.4 is 5.73 Å². The number of nitrogens with two attached hydrogens (primary N) is 1. The lowest BCUT2D eigenvalue weighted by atomic mass is 10.2. The van der Waals surface area contributed by atoms with Gasteiger partial charge in [-0.2, -0.15) is 0 Å². The predicted octanol–water partition coefficient (Wildman–Crippen LogP) is 5.98. The zero-order chi connectivity index (χ0) is 24.5. The van der Waals surface area contributed by atoms with E-state index in [4.69, 9.17) is 15.2 Å². The molecule has 180 valence electrons. The Kier molecular flexibility index (Phi) is 14.8. The Morgan fingerprint density at radius 2 is 1.39 bits per heavy atom. The van der Waals surface area contributed by atoms with E-state index >= 15 is 0 Å². The van der Waals surface area contributed by atoms with Crippen molar-refractivity contribution in [2.75, 3.05) is 39.4 Å². The fourth-order valence-electron chi connectivity index (χ4n) is 2.75. The van der Waals surface area contributed by atoms with Crippen molar-refractivity contribution in [2.24, 2.45) is 5.73 Å². The van der Waals surface area contributed by atoms with Gasteiger partial charge in [0.2, 0.25) is 0 Å². The van der Waals surface area contributed by atoms with Crippen molar-refractivity contribution in [1.82, 2.24) is 4.90 Å². The highest BCUT2D eigenvalue weighted by Crippen LogP contribution is 2.25. The van der Waals surface area contributed by atoms with Gasteiger partial charge in [-0.05, 0) is 179 Å². The van der Waals surface area contributed by atoms with Crippen LogP contribution in [0.5, 0.6) is 0 Å². The summed E-state index contributed by atoms with van der Waals surface area (Å²) in [6.45, 7) is 2.89. The second-order valence-corrected chi connectivity index (χ2v) is 13.6. The van der Waals surface area contributed by atoms with E-state index in [1.54, 1.807) is 0 Å². The second-order valence-electron chi connectivity index (χ2n) is 6.72. The first-order chi connectivity index (χ1) is 15.6. The summed E-state index contributed by atoms with van der Waals surface area (Å²) >= 11 is 13.1. The lowest BCUT2D eigenvalue weighted by molar-refractivity contribution is 0.0394. The molecule has 0 aliphatic rings. The van der Waals surface area contributed by atoms with E-state index in [1.165, 1.54) is 0 Å². The van der Waals surface area contributed by atoms with Gasteiger partial charge in [0.15, 0.2) is 0 Å². The van der Waals surface area contributed by atoms with Crippen molar-refractivity contribution >= 4 is 147 Å². The van der Waals surface area contributed by atoms with Gasteiger partial charge >= 0.3 is 11.9 Å². The minimum atomic E-state index is -0.330. The first-order valence-corrected chi connectivity index (χ1v) is 16.2. The molecule has 2 aromatic carbocycles. The molecule has 0 bridgehead atoms. The largest absolute Gasteiger partial charge is 0.461 e. The summed E-state index contributed by atoms with van der Waals surface area (Å²) in [4.78, 5) is 27.3. The lowest BCUT2D eigenvalue weighted by Crippen LogP contribution is -2.34. The highest BCUT2D eigenvalue weighted by molar-refractivity contribution is 14.1. The van der Waals surface area contributed by atoms with Gasteiger partial charge in [-0.3, -0.25) is 4.90 Å². The molecule has 0 unspecified atom stereocenters. The van der Waals surface area contributed by atoms with Gasteiger partial charge in [0, 0.05) is 34.5 Å². The van der Waals surface area contributed by atoms with Gasteiger partial charge in [-0.25, -0.2) is 9.59 Å². The highest BCUT2D eigenvalue weighted by atomic mass is 127. The molecule has 0 aromatic heterocycles. The summed E-state index contributed by atoms with van der Waals surface area (Å²) in [5, 5.41) is 0. The fraction of sp³-hybridized carbons (Fsp3) is 0.333. The quantitative estimate of drug-likeness (QED) is 0.170. The number of carbonyl (C=O) groups is 2. The van der Waals surface area contributed by atoms with Gasteiger partial charge in [0.05, 0.1) is 11.1 Å². The SMILES string of the molecule is NCCCN(CCOC(=O)c1cc(I)cc(I)c1I)CCOC(=O)c1c(I)ccc(I)c1I. The molecule has 0 heterocycles. The molecule has 33 heavy (non-hydrogen) atoms. The Balaban J connectivity index is 1.90. The summed E-state index contributed by atoms with van der Waals surface area (Å²) in [6.07, 6.45) is 0.807. The van der Waals surface area contributed by atoms with Crippen LogP contribution in [-0.4, -0.2) is 56.2 Å². The van der Waals surface area contributed by atoms with Crippen LogP contribution in [0.2, 0.25) is 0 Å². The fourth-order valence-corrected chi connectivity index (χ4v) is 7.46. The number of benzene rings is 2. The van der Waals surface area contributed by atoms with Crippen molar-refractivity contribution in [2.45, 2.75) is 6.42 Å². The average Bonchev–Trinajstić information content (AvgIpc) is 2.76. The Bertz CT molecular complexity index is 1010. The predicted molar refractivity (Wildman–Crippen MR) is 180 cm³/mol. The molecule has 0 aliphatic heterocycles. The van der Waals surface area contributed by atoms with Crippen molar-refractivity contribution in [1.29, 1.82) is 0 Å². The van der Waals surface area contributed by atoms with E-state index in [2.05, 4.69) is 140 Å². The molecule has 2 rings (SSSR count). The monoisotopic (exact) mass is 1130 g/mol. The topological polar surface area (TPSA) is 81.9 Å². The average molecular weight is 1130 g/mol. The first-order valence-electron chi connectivity index (χ1n) is 9.70. The number of esters is 2. The van der Waals surface area contributed by atoms with Crippen LogP contribution in [0.3, 0.4) is 0 Å². The van der Waals surface area contributed by atoms with Gasteiger partial charge in [-0.1, -0.05) is 0 Å². The van der Waals surface area contributed by atoms with Gasteiger partial charge in [0.1, 0.15) is 13.2 Å². The van der Waals surface area contributed by atoms with Crippen LogP contribution in [0.15, 0.2) is 24.3 Å². The molecule has 2 aromatic rings. The Morgan fingerprint density at radius 3 is 2.03 bits per heavy atom. The van der Waals surface area contributed by atoms with Crippen LogP contribution in [0, 0.1) is 21.4 Å². The number of carbonyl (C=O) groups excluding carboxylic acids is 2. The van der Waals surface area contributed by atoms with Gasteiger partial charge in [-0.15, -0.1) is 0 Å². The van der Waals surface area contributed by atoms with Crippen molar-refractivity contribution < 1.29 is 19.1 Å². The molecular weight excluding hydrogens is 1110 g/mol. The number of ether oxygens (including phenoxy) is 2. The molecule has 0 aliphatic carbocycles. The number of hydrogen-bond acceptors (Lipinski definition) is 6. The Morgan fingerprint density at radius 1 is 0.788 bits per heavy atom. The van der Waals surface area contributed by atoms with Gasteiger partial charge in [0.25, 0.3) is 0 Å². The molecule has 0 spiro atoms. The molecule has 0 amide bonds. The third kappa shape index (κ3) is 9.82. The van der Waals surface area contributed by atoms with E-state index in [-0.39, 0.29) is 25.2 Å². The highest BCUT2D eigenvalue weighted by Gasteiger charge is 2.19. The van der Waals surface area contributed by atoms with Crippen LogP contribution in [0.25, 0.3) is 0 Å². The Hall–Kier alpha value is 1.68. The van der Waals surface area contributed by atoms with Crippen molar-refractivity contribution in [3.8, 4) is 0 Å². The Labute approximate surface area is 275 Å². The number of rotatable bonds is 11. The minimum Gasteiger partial charge on any atom is -0.461 e. The maximum Gasteiger partial charge on any atom is 0.340 e. The summed E-state index contributed by atoms with van der Waals surface area (Å²) in [5.41, 5.74) is 6.86. The molecule has 0 radical (unpaired) electrons. The summed E-state index contributed by atoms with van der Waals surface area (Å²) < 4.78 is 16.8. The number of halogens is 6. The van der Waals surface area contributed by atoms with Crippen LogP contribution >= 0.6 is 136 Å². The molecule has 0 atom stereocenters. The number of hydrogen-bond donors (Lipinski definition) is 1. The zero-order valence-electron chi connectivity index (χ0n) is 17.2. The second kappa shape index (κ2) is 15.8. The molecule has 0 saturated carbocycles. The molecule has 0 saturated heterocycles. The third-order valence-electron chi connectivity index (χ3n) is 4.42. The molecule has 0 fully saturated rings.